The SMILES string of the molecule is COCCN1CCC(NC(=O)N2Cc3ccccc3CC2c2ccccc2)CC1. The summed E-state index contributed by atoms with van der Waals surface area (Å²) in [4.78, 5) is 17.7. The summed E-state index contributed by atoms with van der Waals surface area (Å²) in [5, 5.41) is 3.32. The maximum absolute atomic E-state index is 13.3. The van der Waals surface area contributed by atoms with Crippen LogP contribution < -0.4 is 5.32 Å². The van der Waals surface area contributed by atoms with Gasteiger partial charge in [0.05, 0.1) is 12.6 Å². The molecule has 4 rings (SSSR count). The molecule has 0 aliphatic carbocycles. The number of nitrogens with one attached hydrogen (secondary N) is 1. The lowest BCUT2D eigenvalue weighted by Crippen LogP contribution is -2.51. The minimum Gasteiger partial charge on any atom is -0.383 e. The first kappa shape index (κ1) is 19.9. The fourth-order valence-corrected chi connectivity index (χ4v) is 4.49. The largest absolute Gasteiger partial charge is 0.383 e. The molecule has 2 heterocycles. The number of fused-ring (bicyclic) bond motifs is 1. The molecule has 0 radical (unpaired) electrons. The summed E-state index contributed by atoms with van der Waals surface area (Å²) in [6, 6.07) is 19.3. The van der Waals surface area contributed by atoms with Crippen molar-refractivity contribution < 1.29 is 9.53 Å². The highest BCUT2D eigenvalue weighted by atomic mass is 16.5. The third kappa shape index (κ3) is 4.80. The van der Waals surface area contributed by atoms with E-state index in [9.17, 15) is 4.79 Å². The second-order valence-corrected chi connectivity index (χ2v) is 8.09. The zero-order valence-corrected chi connectivity index (χ0v) is 17.2. The lowest BCUT2D eigenvalue weighted by atomic mass is 9.90. The molecule has 1 atom stereocenters. The fourth-order valence-electron chi connectivity index (χ4n) is 4.49. The van der Waals surface area contributed by atoms with Crippen LogP contribution in [0, 0.1) is 0 Å². The average Bonchev–Trinajstić information content (AvgIpc) is 2.78. The molecule has 1 unspecified atom stereocenters. The van der Waals surface area contributed by atoms with E-state index in [2.05, 4.69) is 58.7 Å². The number of hydrogen-bond acceptors (Lipinski definition) is 3. The molecular formula is C24H31N3O2. The van der Waals surface area contributed by atoms with Crippen molar-refractivity contribution in [3.63, 3.8) is 0 Å². The molecule has 0 bridgehead atoms. The van der Waals surface area contributed by atoms with E-state index in [1.165, 1.54) is 16.7 Å². The number of benzene rings is 2. The topological polar surface area (TPSA) is 44.8 Å². The molecule has 1 N–H and O–H groups in total. The fraction of sp³-hybridized carbons (Fsp3) is 0.458. The van der Waals surface area contributed by atoms with Gasteiger partial charge in [0.2, 0.25) is 0 Å². The number of rotatable bonds is 5. The van der Waals surface area contributed by atoms with Crippen molar-refractivity contribution in [1.29, 1.82) is 0 Å². The van der Waals surface area contributed by atoms with Crippen LogP contribution in [0.5, 0.6) is 0 Å². The van der Waals surface area contributed by atoms with E-state index in [0.717, 1.165) is 45.5 Å². The molecule has 2 amide bonds. The van der Waals surface area contributed by atoms with E-state index in [4.69, 9.17) is 4.74 Å². The average molecular weight is 394 g/mol. The van der Waals surface area contributed by atoms with E-state index < -0.39 is 0 Å². The van der Waals surface area contributed by atoms with Crippen LogP contribution >= 0.6 is 0 Å². The highest BCUT2D eigenvalue weighted by Gasteiger charge is 2.32. The molecule has 2 aliphatic heterocycles. The summed E-state index contributed by atoms with van der Waals surface area (Å²) in [6.07, 6.45) is 2.86. The summed E-state index contributed by atoms with van der Waals surface area (Å²) >= 11 is 0. The van der Waals surface area contributed by atoms with Crippen molar-refractivity contribution in [3.05, 3.63) is 71.3 Å². The Morgan fingerprint density at radius 1 is 1.03 bits per heavy atom. The normalized spacial score (nSPS) is 20.3. The number of urea groups is 1. The van der Waals surface area contributed by atoms with E-state index in [1.54, 1.807) is 7.11 Å². The van der Waals surface area contributed by atoms with Crippen molar-refractivity contribution in [2.75, 3.05) is 33.4 Å². The Bertz CT molecular complexity index is 803. The highest BCUT2D eigenvalue weighted by Crippen LogP contribution is 2.33. The Labute approximate surface area is 173 Å². The number of hydrogen-bond donors (Lipinski definition) is 1. The van der Waals surface area contributed by atoms with Crippen LogP contribution in [-0.2, 0) is 17.7 Å². The van der Waals surface area contributed by atoms with Crippen LogP contribution in [0.3, 0.4) is 0 Å². The second-order valence-electron chi connectivity index (χ2n) is 8.09. The van der Waals surface area contributed by atoms with Gasteiger partial charge < -0.3 is 19.9 Å². The van der Waals surface area contributed by atoms with Crippen LogP contribution in [0.1, 0.15) is 35.6 Å². The highest BCUT2D eigenvalue weighted by molar-refractivity contribution is 5.75. The maximum atomic E-state index is 13.3. The molecule has 2 aromatic rings. The van der Waals surface area contributed by atoms with Gasteiger partial charge in [-0.25, -0.2) is 4.79 Å². The number of ether oxygens (including phenoxy) is 1. The third-order valence-electron chi connectivity index (χ3n) is 6.22. The zero-order chi connectivity index (χ0) is 20.1. The van der Waals surface area contributed by atoms with E-state index in [-0.39, 0.29) is 18.1 Å². The third-order valence-corrected chi connectivity index (χ3v) is 6.22. The summed E-state index contributed by atoms with van der Waals surface area (Å²) in [7, 11) is 1.74. The standard InChI is InChI=1S/C24H31N3O2/c1-29-16-15-26-13-11-22(12-14-26)25-24(28)27-18-21-10-6-5-9-20(21)17-23(27)19-7-3-2-4-8-19/h2-10,22-23H,11-18H2,1H3,(H,25,28). The lowest BCUT2D eigenvalue weighted by molar-refractivity contribution is 0.121. The quantitative estimate of drug-likeness (QED) is 0.844. The van der Waals surface area contributed by atoms with Crippen molar-refractivity contribution >= 4 is 6.03 Å². The maximum Gasteiger partial charge on any atom is 0.318 e. The van der Waals surface area contributed by atoms with Gasteiger partial charge in [-0.3, -0.25) is 0 Å². The predicted molar refractivity (Wildman–Crippen MR) is 115 cm³/mol. The first-order valence-electron chi connectivity index (χ1n) is 10.6. The number of piperidine rings is 1. The Hall–Kier alpha value is -2.37. The number of methoxy groups -OCH3 is 1. The Kier molecular flexibility index (Phi) is 6.47. The van der Waals surface area contributed by atoms with Crippen molar-refractivity contribution in [1.82, 2.24) is 15.1 Å². The van der Waals surface area contributed by atoms with E-state index in [0.29, 0.717) is 6.54 Å². The Balaban J connectivity index is 1.44. The summed E-state index contributed by atoms with van der Waals surface area (Å²) in [5.74, 6) is 0. The molecule has 1 fully saturated rings. The summed E-state index contributed by atoms with van der Waals surface area (Å²) in [5.41, 5.74) is 3.80. The molecule has 0 spiro atoms. The van der Waals surface area contributed by atoms with Crippen LogP contribution in [0.4, 0.5) is 4.79 Å². The van der Waals surface area contributed by atoms with Crippen LogP contribution in [0.2, 0.25) is 0 Å². The van der Waals surface area contributed by atoms with Crippen LogP contribution in [-0.4, -0.2) is 55.2 Å². The second kappa shape index (κ2) is 9.42. The minimum absolute atomic E-state index is 0.0590. The van der Waals surface area contributed by atoms with Gasteiger partial charge in [-0.2, -0.15) is 0 Å². The van der Waals surface area contributed by atoms with Crippen molar-refractivity contribution in [2.24, 2.45) is 0 Å². The molecule has 154 valence electrons. The summed E-state index contributed by atoms with van der Waals surface area (Å²) < 4.78 is 5.18. The van der Waals surface area contributed by atoms with Crippen LogP contribution in [0.25, 0.3) is 0 Å². The molecule has 0 aromatic heterocycles. The summed E-state index contributed by atoms with van der Waals surface area (Å²) in [6.45, 7) is 4.42. The number of likely N-dealkylation sites (tertiary alicyclic amines) is 1. The first-order chi connectivity index (χ1) is 14.2. The van der Waals surface area contributed by atoms with Gasteiger partial charge >= 0.3 is 6.03 Å². The molecule has 5 nitrogen and oxygen atoms in total. The zero-order valence-electron chi connectivity index (χ0n) is 17.2. The van der Waals surface area contributed by atoms with Gasteiger partial charge in [0, 0.05) is 39.3 Å². The van der Waals surface area contributed by atoms with Gasteiger partial charge in [-0.1, -0.05) is 54.6 Å². The number of carbonyl (C=O) groups excluding carboxylic acids is 1. The predicted octanol–water partition coefficient (Wildman–Crippen LogP) is 3.61. The van der Waals surface area contributed by atoms with Gasteiger partial charge in [-0.05, 0) is 36.0 Å². The van der Waals surface area contributed by atoms with Crippen LogP contribution in [0.15, 0.2) is 54.6 Å². The molecule has 29 heavy (non-hydrogen) atoms. The smallest absolute Gasteiger partial charge is 0.318 e. The minimum atomic E-state index is 0.0590. The molecule has 0 saturated carbocycles. The van der Waals surface area contributed by atoms with Gasteiger partial charge in [0.25, 0.3) is 0 Å². The van der Waals surface area contributed by atoms with Gasteiger partial charge in [0.15, 0.2) is 0 Å². The Morgan fingerprint density at radius 2 is 1.72 bits per heavy atom. The molecule has 2 aromatic carbocycles. The molecule has 2 aliphatic rings. The number of amides is 2. The van der Waals surface area contributed by atoms with Gasteiger partial charge in [-0.15, -0.1) is 0 Å². The monoisotopic (exact) mass is 393 g/mol. The van der Waals surface area contributed by atoms with E-state index in [1.807, 2.05) is 11.0 Å². The van der Waals surface area contributed by atoms with Crippen molar-refractivity contribution in [2.45, 2.75) is 37.9 Å². The van der Waals surface area contributed by atoms with Gasteiger partial charge in [0.1, 0.15) is 0 Å². The molecular weight excluding hydrogens is 362 g/mol. The molecule has 5 heteroatoms. The Morgan fingerprint density at radius 3 is 2.45 bits per heavy atom. The first-order valence-corrected chi connectivity index (χ1v) is 10.6. The number of carbonyl (C=O) groups is 1. The molecule has 1 saturated heterocycles. The van der Waals surface area contributed by atoms with Crippen molar-refractivity contribution in [3.8, 4) is 0 Å². The van der Waals surface area contributed by atoms with E-state index >= 15 is 0 Å². The lowest BCUT2D eigenvalue weighted by Gasteiger charge is -2.39. The number of nitrogens with zero attached hydrogens (tertiary/aromatic N) is 2.